The smallest absolute Gasteiger partial charge is 0.164 e. The van der Waals surface area contributed by atoms with Crippen molar-refractivity contribution in [1.29, 1.82) is 0 Å². The minimum absolute atomic E-state index is 0.639. The fourth-order valence-corrected chi connectivity index (χ4v) is 7.95. The van der Waals surface area contributed by atoms with Crippen molar-refractivity contribution < 1.29 is 4.42 Å². The molecular formula is C47H27N3O. The van der Waals surface area contributed by atoms with Crippen molar-refractivity contribution in [3.05, 3.63) is 164 Å². The maximum absolute atomic E-state index is 6.23. The Morgan fingerprint density at radius 2 is 0.902 bits per heavy atom. The Balaban J connectivity index is 1.09. The zero-order valence-corrected chi connectivity index (χ0v) is 27.3. The fraction of sp³-hybridized carbons (Fsp3) is 0. The van der Waals surface area contributed by atoms with E-state index in [2.05, 4.69) is 127 Å². The second-order valence-corrected chi connectivity index (χ2v) is 13.2. The lowest BCUT2D eigenvalue weighted by Crippen LogP contribution is -2.00. The highest BCUT2D eigenvalue weighted by Crippen LogP contribution is 2.48. The normalized spacial score (nSPS) is 11.9. The number of benzene rings is 8. The van der Waals surface area contributed by atoms with Crippen LogP contribution in [0.2, 0.25) is 0 Å². The van der Waals surface area contributed by atoms with Crippen LogP contribution in [0.1, 0.15) is 0 Å². The topological polar surface area (TPSA) is 51.8 Å². The van der Waals surface area contributed by atoms with Crippen LogP contribution in [0.3, 0.4) is 0 Å². The summed E-state index contributed by atoms with van der Waals surface area (Å²) in [4.78, 5) is 15.3. The van der Waals surface area contributed by atoms with E-state index in [9.17, 15) is 0 Å². The van der Waals surface area contributed by atoms with Crippen LogP contribution in [0.5, 0.6) is 0 Å². The molecule has 1 aliphatic rings. The number of hydrogen-bond donors (Lipinski definition) is 0. The van der Waals surface area contributed by atoms with Gasteiger partial charge in [-0.15, -0.1) is 0 Å². The van der Waals surface area contributed by atoms with Crippen LogP contribution in [0.25, 0.3) is 111 Å². The van der Waals surface area contributed by atoms with Crippen LogP contribution in [0, 0.1) is 0 Å². The van der Waals surface area contributed by atoms with Gasteiger partial charge in [0.2, 0.25) is 0 Å². The van der Waals surface area contributed by atoms with E-state index < -0.39 is 0 Å². The van der Waals surface area contributed by atoms with Gasteiger partial charge in [0.25, 0.3) is 0 Å². The van der Waals surface area contributed by atoms with Crippen molar-refractivity contribution in [3.63, 3.8) is 0 Å². The van der Waals surface area contributed by atoms with Gasteiger partial charge in [0.1, 0.15) is 11.2 Å². The van der Waals surface area contributed by atoms with Gasteiger partial charge in [-0.3, -0.25) is 0 Å². The van der Waals surface area contributed by atoms with Crippen LogP contribution >= 0.6 is 0 Å². The maximum Gasteiger partial charge on any atom is 0.164 e. The highest BCUT2D eigenvalue weighted by atomic mass is 16.3. The standard InChI is InChI=1S/C47H27N3O/c1-2-11-28(12-3-1)45-48-46(50-47(49-45)32-26-30-14-9-19-37-35-15-4-5-16-36(35)40(27-32)43(30)37)31-23-24-33-29(25-31)13-8-18-34(33)38-20-10-22-42-44(38)39-17-6-7-21-41(39)51-42/h1-27H. The lowest BCUT2D eigenvalue weighted by molar-refractivity contribution is 0.669. The number of rotatable bonds is 4. The van der Waals surface area contributed by atoms with Crippen LogP contribution in [-0.4, -0.2) is 15.0 Å². The largest absolute Gasteiger partial charge is 0.456 e. The van der Waals surface area contributed by atoms with E-state index in [1.165, 1.54) is 33.0 Å². The lowest BCUT2D eigenvalue weighted by atomic mass is 9.94. The predicted octanol–water partition coefficient (Wildman–Crippen LogP) is 12.4. The molecule has 4 heteroatoms. The van der Waals surface area contributed by atoms with Crippen LogP contribution < -0.4 is 0 Å². The summed E-state index contributed by atoms with van der Waals surface area (Å²) in [6, 6.07) is 57.4. The quantitative estimate of drug-likeness (QED) is 0.190. The summed E-state index contributed by atoms with van der Waals surface area (Å²) in [7, 11) is 0. The Labute approximate surface area is 293 Å². The Bertz CT molecular complexity index is 3030. The number of hydrogen-bond acceptors (Lipinski definition) is 4. The monoisotopic (exact) mass is 649 g/mol. The molecule has 236 valence electrons. The van der Waals surface area contributed by atoms with Gasteiger partial charge in [-0.25, -0.2) is 15.0 Å². The van der Waals surface area contributed by atoms with E-state index in [0.717, 1.165) is 60.5 Å². The molecule has 4 nitrogen and oxygen atoms in total. The van der Waals surface area contributed by atoms with Crippen molar-refractivity contribution in [2.75, 3.05) is 0 Å². The van der Waals surface area contributed by atoms with Gasteiger partial charge in [-0.1, -0.05) is 133 Å². The van der Waals surface area contributed by atoms with E-state index in [-0.39, 0.29) is 0 Å². The van der Waals surface area contributed by atoms with Gasteiger partial charge >= 0.3 is 0 Å². The first-order chi connectivity index (χ1) is 25.3. The van der Waals surface area contributed by atoms with Crippen LogP contribution in [-0.2, 0) is 0 Å². The third-order valence-electron chi connectivity index (χ3n) is 10.2. The second kappa shape index (κ2) is 10.8. The van der Waals surface area contributed by atoms with E-state index in [1.807, 2.05) is 36.4 Å². The summed E-state index contributed by atoms with van der Waals surface area (Å²) in [5, 5.41) is 6.98. The molecule has 2 aromatic heterocycles. The SMILES string of the molecule is c1ccc(-c2nc(-c3ccc4c(-c5cccc6oc7ccccc7c56)cccc4c3)nc(-c3cc4c5c(cccc5c3)-c3ccccc3-4)n2)cc1. The molecule has 10 aromatic rings. The second-order valence-electron chi connectivity index (χ2n) is 13.2. The first-order valence-corrected chi connectivity index (χ1v) is 17.2. The third-order valence-corrected chi connectivity index (χ3v) is 10.2. The Kier molecular flexibility index (Phi) is 5.92. The zero-order chi connectivity index (χ0) is 33.5. The number of para-hydroxylation sites is 1. The highest BCUT2D eigenvalue weighted by Gasteiger charge is 2.23. The van der Waals surface area contributed by atoms with Crippen molar-refractivity contribution in [3.8, 4) is 67.5 Å². The molecule has 1 aliphatic carbocycles. The minimum atomic E-state index is 0.639. The molecule has 0 aliphatic heterocycles. The Hall–Kier alpha value is -6.91. The molecular weight excluding hydrogens is 623 g/mol. The summed E-state index contributed by atoms with van der Waals surface area (Å²) >= 11 is 0. The molecule has 0 saturated carbocycles. The van der Waals surface area contributed by atoms with Gasteiger partial charge in [0.05, 0.1) is 0 Å². The summed E-state index contributed by atoms with van der Waals surface area (Å²) in [5.74, 6) is 1.94. The Morgan fingerprint density at radius 1 is 0.314 bits per heavy atom. The van der Waals surface area contributed by atoms with E-state index >= 15 is 0 Å². The summed E-state index contributed by atoms with van der Waals surface area (Å²) in [6.45, 7) is 0. The average molecular weight is 650 g/mol. The molecule has 0 spiro atoms. The third kappa shape index (κ3) is 4.30. The van der Waals surface area contributed by atoms with Crippen molar-refractivity contribution in [2.45, 2.75) is 0 Å². The van der Waals surface area contributed by atoms with E-state index in [0.29, 0.717) is 17.5 Å². The van der Waals surface area contributed by atoms with Crippen LogP contribution in [0.15, 0.2) is 168 Å². The molecule has 0 fully saturated rings. The van der Waals surface area contributed by atoms with Crippen molar-refractivity contribution in [2.24, 2.45) is 0 Å². The molecule has 0 radical (unpaired) electrons. The highest BCUT2D eigenvalue weighted by molar-refractivity contribution is 6.17. The summed E-state index contributed by atoms with van der Waals surface area (Å²) in [6.07, 6.45) is 0. The summed E-state index contributed by atoms with van der Waals surface area (Å²) < 4.78 is 6.23. The van der Waals surface area contributed by atoms with Crippen molar-refractivity contribution >= 4 is 43.5 Å². The van der Waals surface area contributed by atoms with Crippen molar-refractivity contribution in [1.82, 2.24) is 15.0 Å². The van der Waals surface area contributed by atoms with Gasteiger partial charge < -0.3 is 4.42 Å². The van der Waals surface area contributed by atoms with Gasteiger partial charge in [0.15, 0.2) is 17.5 Å². The molecule has 11 rings (SSSR count). The van der Waals surface area contributed by atoms with E-state index in [1.54, 1.807) is 0 Å². The van der Waals surface area contributed by atoms with Crippen LogP contribution in [0.4, 0.5) is 0 Å². The predicted molar refractivity (Wildman–Crippen MR) is 208 cm³/mol. The Morgan fingerprint density at radius 3 is 1.75 bits per heavy atom. The average Bonchev–Trinajstić information content (AvgIpc) is 3.74. The number of nitrogens with zero attached hydrogens (tertiary/aromatic N) is 3. The van der Waals surface area contributed by atoms with E-state index in [4.69, 9.17) is 19.4 Å². The summed E-state index contributed by atoms with van der Waals surface area (Å²) in [5.41, 5.74) is 12.0. The molecule has 0 unspecified atom stereocenters. The molecule has 51 heavy (non-hydrogen) atoms. The number of fused-ring (bicyclic) bond motifs is 7. The number of furan rings is 1. The van der Waals surface area contributed by atoms with Gasteiger partial charge in [0, 0.05) is 27.5 Å². The molecule has 8 aromatic carbocycles. The molecule has 0 saturated heterocycles. The fourth-order valence-electron chi connectivity index (χ4n) is 7.95. The molecule has 0 atom stereocenters. The van der Waals surface area contributed by atoms with Gasteiger partial charge in [-0.2, -0.15) is 0 Å². The zero-order valence-electron chi connectivity index (χ0n) is 27.3. The lowest BCUT2D eigenvalue weighted by Gasteiger charge is -2.12. The number of aromatic nitrogens is 3. The first-order valence-electron chi connectivity index (χ1n) is 17.2. The molecule has 0 bridgehead atoms. The minimum Gasteiger partial charge on any atom is -0.456 e. The first kappa shape index (κ1) is 28.0. The molecule has 2 heterocycles. The van der Waals surface area contributed by atoms with Gasteiger partial charge in [-0.05, 0) is 85.3 Å². The molecule has 0 N–H and O–H groups in total. The maximum atomic E-state index is 6.23. The molecule has 0 amide bonds.